The molecule has 0 aliphatic carbocycles. The van der Waals surface area contributed by atoms with Crippen LogP contribution in [0.25, 0.3) is 10.1 Å². The van der Waals surface area contributed by atoms with Crippen LogP contribution in [0.15, 0.2) is 29.6 Å². The van der Waals surface area contributed by atoms with Crippen molar-refractivity contribution in [1.82, 2.24) is 10.2 Å². The van der Waals surface area contributed by atoms with Gasteiger partial charge in [0.1, 0.15) is 6.61 Å². The highest BCUT2D eigenvalue weighted by Gasteiger charge is 2.15. The van der Waals surface area contributed by atoms with E-state index in [4.69, 9.17) is 4.74 Å². The quantitative estimate of drug-likeness (QED) is 0.831. The first-order valence-corrected chi connectivity index (χ1v) is 8.73. The summed E-state index contributed by atoms with van der Waals surface area (Å²) in [5.41, 5.74) is 1.34. The van der Waals surface area contributed by atoms with Gasteiger partial charge in [-0.05, 0) is 41.3 Å². The molecule has 4 nitrogen and oxygen atoms in total. The smallest absolute Gasteiger partial charge is 0.248 e. The second kappa shape index (κ2) is 7.72. The number of thiophene rings is 1. The molecule has 5 heteroatoms. The Labute approximate surface area is 135 Å². The number of amides is 1. The summed E-state index contributed by atoms with van der Waals surface area (Å²) in [4.78, 5) is 13.8. The highest BCUT2D eigenvalue weighted by molar-refractivity contribution is 7.17. The Balaban J connectivity index is 1.35. The largest absolute Gasteiger partial charge is 0.372 e. The molecule has 1 aromatic carbocycles. The van der Waals surface area contributed by atoms with Gasteiger partial charge in [0.15, 0.2) is 0 Å². The fourth-order valence-corrected chi connectivity index (χ4v) is 3.49. The predicted molar refractivity (Wildman–Crippen MR) is 90.4 cm³/mol. The predicted octanol–water partition coefficient (Wildman–Crippen LogP) is 2.28. The van der Waals surface area contributed by atoms with Gasteiger partial charge in [0.2, 0.25) is 5.91 Å². The normalized spacial score (nSPS) is 15.4. The van der Waals surface area contributed by atoms with E-state index in [0.717, 1.165) is 39.0 Å². The van der Waals surface area contributed by atoms with Crippen LogP contribution in [0.5, 0.6) is 0 Å². The molecule has 1 amide bonds. The van der Waals surface area contributed by atoms with E-state index in [1.54, 1.807) is 11.3 Å². The van der Waals surface area contributed by atoms with Crippen LogP contribution in [-0.4, -0.2) is 50.2 Å². The highest BCUT2D eigenvalue weighted by atomic mass is 32.1. The molecule has 1 aliphatic rings. The number of ether oxygens (including phenoxy) is 1. The molecule has 0 saturated carbocycles. The van der Waals surface area contributed by atoms with Gasteiger partial charge in [0.05, 0.1) is 0 Å². The van der Waals surface area contributed by atoms with Crippen molar-refractivity contribution < 1.29 is 9.53 Å². The molecule has 1 N–H and O–H groups in total. The Morgan fingerprint density at radius 2 is 2.14 bits per heavy atom. The minimum atomic E-state index is 0.112. The molecule has 0 radical (unpaired) electrons. The minimum Gasteiger partial charge on any atom is -0.372 e. The highest BCUT2D eigenvalue weighted by Crippen LogP contribution is 2.22. The lowest BCUT2D eigenvalue weighted by Gasteiger charge is -2.27. The maximum absolute atomic E-state index is 11.9. The van der Waals surface area contributed by atoms with E-state index in [9.17, 15) is 4.79 Å². The molecule has 2 aromatic rings. The Kier molecular flexibility index (Phi) is 5.43. The number of hydrogen-bond donors (Lipinski definition) is 1. The molecule has 0 bridgehead atoms. The van der Waals surface area contributed by atoms with Gasteiger partial charge in [-0.1, -0.05) is 12.1 Å². The summed E-state index contributed by atoms with van der Waals surface area (Å²) in [5, 5.41) is 6.68. The van der Waals surface area contributed by atoms with Gasteiger partial charge in [-0.2, -0.15) is 0 Å². The van der Waals surface area contributed by atoms with Gasteiger partial charge in [-0.3, -0.25) is 4.79 Å². The lowest BCUT2D eigenvalue weighted by atomic mass is 10.1. The number of carbonyl (C=O) groups excluding carboxylic acids is 1. The van der Waals surface area contributed by atoms with Crippen LogP contribution in [0, 0.1) is 0 Å². The maximum Gasteiger partial charge on any atom is 0.248 e. The zero-order valence-corrected chi connectivity index (χ0v) is 13.5. The average molecular weight is 318 g/mol. The van der Waals surface area contributed by atoms with Crippen molar-refractivity contribution in [3.8, 4) is 0 Å². The van der Waals surface area contributed by atoms with Crippen LogP contribution >= 0.6 is 11.3 Å². The fraction of sp³-hybridized carbons (Fsp3) is 0.471. The summed E-state index contributed by atoms with van der Waals surface area (Å²) in [6.45, 7) is 4.21. The first-order chi connectivity index (χ1) is 10.8. The van der Waals surface area contributed by atoms with Gasteiger partial charge in [0.25, 0.3) is 0 Å². The average Bonchev–Trinajstić information content (AvgIpc) is 3.03. The third-order valence-electron chi connectivity index (χ3n) is 3.97. The molecular formula is C17H22N2O2S. The first kappa shape index (κ1) is 15.5. The van der Waals surface area contributed by atoms with Crippen molar-refractivity contribution in [3.63, 3.8) is 0 Å². The summed E-state index contributed by atoms with van der Waals surface area (Å²) in [6, 6.07) is 8.78. The molecule has 1 aromatic heterocycles. The molecule has 0 atom stereocenters. The second-order valence-electron chi connectivity index (χ2n) is 5.58. The molecule has 1 saturated heterocycles. The Hall–Kier alpha value is -1.43. The monoisotopic (exact) mass is 318 g/mol. The zero-order chi connectivity index (χ0) is 15.2. The van der Waals surface area contributed by atoms with Gasteiger partial charge >= 0.3 is 0 Å². The Morgan fingerprint density at radius 3 is 3.00 bits per heavy atom. The lowest BCUT2D eigenvalue weighted by Crippen LogP contribution is -2.47. The summed E-state index contributed by atoms with van der Waals surface area (Å²) in [6.07, 6.45) is 1.94. The van der Waals surface area contributed by atoms with Crippen LogP contribution in [-0.2, 0) is 16.0 Å². The van der Waals surface area contributed by atoms with Crippen LogP contribution < -0.4 is 5.32 Å². The molecular weight excluding hydrogens is 296 g/mol. The number of nitrogens with zero attached hydrogens (tertiary/aromatic N) is 1. The van der Waals surface area contributed by atoms with E-state index in [2.05, 4.69) is 35.0 Å². The van der Waals surface area contributed by atoms with Crippen molar-refractivity contribution in [3.05, 3.63) is 35.2 Å². The van der Waals surface area contributed by atoms with Crippen LogP contribution in [0.2, 0.25) is 0 Å². The number of aryl methyl sites for hydroxylation is 1. The van der Waals surface area contributed by atoms with Crippen molar-refractivity contribution >= 4 is 27.3 Å². The van der Waals surface area contributed by atoms with Crippen LogP contribution in [0.4, 0.5) is 0 Å². The number of fused-ring (bicyclic) bond motifs is 1. The third kappa shape index (κ3) is 4.06. The summed E-state index contributed by atoms with van der Waals surface area (Å²) >= 11 is 1.77. The van der Waals surface area contributed by atoms with Crippen molar-refractivity contribution in [2.75, 3.05) is 39.4 Å². The second-order valence-corrected chi connectivity index (χ2v) is 6.53. The van der Waals surface area contributed by atoms with Gasteiger partial charge in [-0.15, -0.1) is 11.3 Å². The number of rotatable bonds is 6. The van der Waals surface area contributed by atoms with E-state index in [1.807, 2.05) is 4.90 Å². The summed E-state index contributed by atoms with van der Waals surface area (Å²) < 4.78 is 6.87. The lowest BCUT2D eigenvalue weighted by molar-refractivity contribution is -0.136. The number of hydrogen-bond acceptors (Lipinski definition) is 4. The number of carbonyl (C=O) groups is 1. The first-order valence-electron chi connectivity index (χ1n) is 7.85. The van der Waals surface area contributed by atoms with E-state index >= 15 is 0 Å². The Bertz CT molecular complexity index is 620. The van der Waals surface area contributed by atoms with E-state index in [1.165, 1.54) is 15.6 Å². The Morgan fingerprint density at radius 1 is 1.27 bits per heavy atom. The van der Waals surface area contributed by atoms with Crippen LogP contribution in [0.1, 0.15) is 12.0 Å². The number of piperazine rings is 1. The topological polar surface area (TPSA) is 41.6 Å². The molecule has 0 spiro atoms. The summed E-state index contributed by atoms with van der Waals surface area (Å²) in [7, 11) is 0. The van der Waals surface area contributed by atoms with Crippen molar-refractivity contribution in [1.29, 1.82) is 0 Å². The van der Waals surface area contributed by atoms with Gasteiger partial charge in [0, 0.05) is 37.5 Å². The fourth-order valence-electron chi connectivity index (χ4n) is 2.71. The SMILES string of the molecule is O=C(COCCCc1ccc2sccc2c1)N1CCNCC1. The zero-order valence-electron chi connectivity index (χ0n) is 12.7. The molecule has 1 fully saturated rings. The maximum atomic E-state index is 11.9. The summed E-state index contributed by atoms with van der Waals surface area (Å²) in [5.74, 6) is 0.112. The van der Waals surface area contributed by atoms with E-state index in [-0.39, 0.29) is 12.5 Å². The minimum absolute atomic E-state index is 0.112. The third-order valence-corrected chi connectivity index (χ3v) is 4.86. The molecule has 22 heavy (non-hydrogen) atoms. The van der Waals surface area contributed by atoms with Gasteiger partial charge in [-0.25, -0.2) is 0 Å². The number of benzene rings is 1. The molecule has 2 heterocycles. The van der Waals surface area contributed by atoms with Gasteiger partial charge < -0.3 is 15.0 Å². The molecule has 0 unspecified atom stereocenters. The molecule has 1 aliphatic heterocycles. The number of nitrogens with one attached hydrogen (secondary N) is 1. The van der Waals surface area contributed by atoms with Crippen molar-refractivity contribution in [2.45, 2.75) is 12.8 Å². The molecule has 3 rings (SSSR count). The van der Waals surface area contributed by atoms with E-state index < -0.39 is 0 Å². The standard InChI is InChI=1S/C17H22N2O2S/c20-17(19-8-6-18-7-9-19)13-21-10-1-2-14-3-4-16-15(12-14)5-11-22-16/h3-5,11-12,18H,1-2,6-10,13H2. The van der Waals surface area contributed by atoms with Crippen molar-refractivity contribution in [2.24, 2.45) is 0 Å². The molecule has 118 valence electrons. The van der Waals surface area contributed by atoms with Crippen LogP contribution in [0.3, 0.4) is 0 Å². The van der Waals surface area contributed by atoms with E-state index in [0.29, 0.717) is 6.61 Å².